The second kappa shape index (κ2) is 6.25. The molecule has 0 spiro atoms. The number of hydrogen-bond acceptors (Lipinski definition) is 6. The Labute approximate surface area is 113 Å². The second-order valence-corrected chi connectivity index (χ2v) is 8.77. The van der Waals surface area contributed by atoms with E-state index < -0.39 is 19.7 Å². The molecule has 0 heterocycles. The molecule has 6 nitrogen and oxygen atoms in total. The van der Waals surface area contributed by atoms with E-state index in [-0.39, 0.29) is 23.9 Å². The molecule has 0 unspecified atom stereocenters. The molecule has 0 saturated heterocycles. The molecule has 1 aromatic rings. The molecule has 1 aromatic carbocycles. The number of nitrogen functional groups attached to an aromatic ring is 1. The van der Waals surface area contributed by atoms with Crippen LogP contribution in [0.5, 0.6) is 5.75 Å². The van der Waals surface area contributed by atoms with E-state index in [1.807, 2.05) is 0 Å². The van der Waals surface area contributed by atoms with Crippen molar-refractivity contribution in [1.29, 1.82) is 0 Å². The molecule has 2 N–H and O–H groups in total. The van der Waals surface area contributed by atoms with Crippen molar-refractivity contribution in [3.05, 3.63) is 24.3 Å². The Hall–Kier alpha value is -1.28. The van der Waals surface area contributed by atoms with E-state index in [4.69, 9.17) is 10.5 Å². The molecule has 0 radical (unpaired) electrons. The van der Waals surface area contributed by atoms with Crippen molar-refractivity contribution in [3.8, 4) is 5.75 Å². The zero-order chi connectivity index (χ0) is 14.5. The molecule has 0 fully saturated rings. The van der Waals surface area contributed by atoms with Gasteiger partial charge in [0.25, 0.3) is 0 Å². The quantitative estimate of drug-likeness (QED) is 0.717. The molecule has 0 aliphatic carbocycles. The summed E-state index contributed by atoms with van der Waals surface area (Å²) in [6.07, 6.45) is 1.01. The van der Waals surface area contributed by atoms with Crippen LogP contribution >= 0.6 is 0 Å². The monoisotopic (exact) mass is 307 g/mol. The average molecular weight is 307 g/mol. The zero-order valence-corrected chi connectivity index (χ0v) is 12.2. The smallest absolute Gasteiger partial charge is 0.154 e. The Bertz CT molecular complexity index is 622. The van der Waals surface area contributed by atoms with Gasteiger partial charge in [-0.2, -0.15) is 0 Å². The molecule has 0 aromatic heterocycles. The molecule has 19 heavy (non-hydrogen) atoms. The second-order valence-electron chi connectivity index (χ2n) is 4.20. The van der Waals surface area contributed by atoms with Gasteiger partial charge < -0.3 is 10.5 Å². The van der Waals surface area contributed by atoms with Gasteiger partial charge in [0.05, 0.1) is 17.3 Å². The topological polar surface area (TPSA) is 104 Å². The fourth-order valence-corrected chi connectivity index (χ4v) is 4.04. The van der Waals surface area contributed by atoms with Gasteiger partial charge in [-0.25, -0.2) is 16.8 Å². The number of ether oxygens (including phenoxy) is 1. The highest BCUT2D eigenvalue weighted by Gasteiger charge is 2.14. The number of benzene rings is 1. The summed E-state index contributed by atoms with van der Waals surface area (Å²) in [5.74, 6) is -0.491. The van der Waals surface area contributed by atoms with Gasteiger partial charge in [0, 0.05) is 18.0 Å². The predicted octanol–water partition coefficient (Wildman–Crippen LogP) is 0.107. The summed E-state index contributed by atoms with van der Waals surface area (Å²) in [5.41, 5.74) is 6.07. The Kier molecular flexibility index (Phi) is 5.19. The van der Waals surface area contributed by atoms with Crippen LogP contribution in [0.4, 0.5) is 5.69 Å². The molecule has 0 bridgehead atoms. The lowest BCUT2D eigenvalue weighted by atomic mass is 10.3. The Morgan fingerprint density at radius 3 is 2.37 bits per heavy atom. The summed E-state index contributed by atoms with van der Waals surface area (Å²) in [7, 11) is -6.71. The van der Waals surface area contributed by atoms with Gasteiger partial charge in [0.1, 0.15) is 22.2 Å². The van der Waals surface area contributed by atoms with Gasteiger partial charge in [-0.15, -0.1) is 0 Å². The van der Waals surface area contributed by atoms with Crippen LogP contribution in [0.1, 0.15) is 0 Å². The van der Waals surface area contributed by atoms with Crippen LogP contribution in [0.15, 0.2) is 24.3 Å². The lowest BCUT2D eigenvalue weighted by Crippen LogP contribution is -2.22. The van der Waals surface area contributed by atoms with Crippen molar-refractivity contribution in [1.82, 2.24) is 0 Å². The van der Waals surface area contributed by atoms with E-state index in [0.29, 0.717) is 11.4 Å². The summed E-state index contributed by atoms with van der Waals surface area (Å²) >= 11 is 0. The number of nitrogens with two attached hydrogens (primary N) is 1. The van der Waals surface area contributed by atoms with Gasteiger partial charge in [0.15, 0.2) is 9.84 Å². The fraction of sp³-hybridized carbons (Fsp3) is 0.455. The number of rotatable bonds is 7. The predicted molar refractivity (Wildman–Crippen MR) is 74.7 cm³/mol. The standard InChI is InChI=1S/C11H17NO5S2/c1-18(13,14)7-8-19(15,16)6-5-17-11-4-2-3-10(12)9-11/h2-4,9H,5-8,12H2,1H3. The van der Waals surface area contributed by atoms with E-state index >= 15 is 0 Å². The van der Waals surface area contributed by atoms with Crippen molar-refractivity contribution in [2.45, 2.75) is 0 Å². The van der Waals surface area contributed by atoms with Crippen molar-refractivity contribution in [2.75, 3.05) is 35.9 Å². The minimum absolute atomic E-state index is 0.0322. The molecule has 0 aliphatic rings. The SMILES string of the molecule is CS(=O)(=O)CCS(=O)(=O)CCOc1cccc(N)c1. The minimum Gasteiger partial charge on any atom is -0.492 e. The van der Waals surface area contributed by atoms with E-state index in [1.165, 1.54) is 0 Å². The lowest BCUT2D eigenvalue weighted by molar-refractivity contribution is 0.341. The maximum absolute atomic E-state index is 11.6. The van der Waals surface area contributed by atoms with Crippen molar-refractivity contribution < 1.29 is 21.6 Å². The van der Waals surface area contributed by atoms with Crippen LogP contribution in [0.25, 0.3) is 0 Å². The highest BCUT2D eigenvalue weighted by Crippen LogP contribution is 2.14. The summed E-state index contributed by atoms with van der Waals surface area (Å²) in [6.45, 7) is -0.0322. The third-order valence-corrected chi connectivity index (χ3v) is 5.11. The molecule has 8 heteroatoms. The van der Waals surface area contributed by atoms with E-state index in [1.54, 1.807) is 24.3 Å². The van der Waals surface area contributed by atoms with Crippen molar-refractivity contribution in [2.24, 2.45) is 0 Å². The van der Waals surface area contributed by atoms with Crippen molar-refractivity contribution >= 4 is 25.4 Å². The first kappa shape index (κ1) is 15.8. The van der Waals surface area contributed by atoms with E-state index in [9.17, 15) is 16.8 Å². The number of anilines is 1. The molecule has 0 atom stereocenters. The van der Waals surface area contributed by atoms with Gasteiger partial charge in [-0.1, -0.05) is 6.07 Å². The van der Waals surface area contributed by atoms with Crippen LogP contribution in [0.3, 0.4) is 0 Å². The summed E-state index contributed by atoms with van der Waals surface area (Å²) in [5, 5.41) is 0. The van der Waals surface area contributed by atoms with Gasteiger partial charge >= 0.3 is 0 Å². The van der Waals surface area contributed by atoms with Crippen molar-refractivity contribution in [3.63, 3.8) is 0 Å². The van der Waals surface area contributed by atoms with Crippen LogP contribution in [-0.4, -0.2) is 47.0 Å². The van der Waals surface area contributed by atoms with Gasteiger partial charge in [-0.3, -0.25) is 0 Å². The third-order valence-electron chi connectivity index (χ3n) is 2.29. The highest BCUT2D eigenvalue weighted by atomic mass is 32.2. The van der Waals surface area contributed by atoms with Crippen LogP contribution in [0.2, 0.25) is 0 Å². The fourth-order valence-electron chi connectivity index (χ4n) is 1.27. The number of hydrogen-bond donors (Lipinski definition) is 1. The van der Waals surface area contributed by atoms with Gasteiger partial charge in [-0.05, 0) is 12.1 Å². The van der Waals surface area contributed by atoms with Gasteiger partial charge in [0.2, 0.25) is 0 Å². The molecule has 1 rings (SSSR count). The summed E-state index contributed by atoms with van der Waals surface area (Å²) in [4.78, 5) is 0. The first-order chi connectivity index (χ1) is 8.68. The zero-order valence-electron chi connectivity index (χ0n) is 10.6. The summed E-state index contributed by atoms with van der Waals surface area (Å²) < 4.78 is 50.2. The molecular weight excluding hydrogens is 290 g/mol. The first-order valence-electron chi connectivity index (χ1n) is 5.54. The normalized spacial score (nSPS) is 12.3. The number of sulfone groups is 2. The molecule has 0 amide bonds. The van der Waals surface area contributed by atoms with Crippen LogP contribution in [0, 0.1) is 0 Å². The largest absolute Gasteiger partial charge is 0.492 e. The van der Waals surface area contributed by atoms with Crippen LogP contribution < -0.4 is 10.5 Å². The molecule has 108 valence electrons. The Morgan fingerprint density at radius 2 is 1.79 bits per heavy atom. The maximum atomic E-state index is 11.6. The Morgan fingerprint density at radius 1 is 1.11 bits per heavy atom. The third kappa shape index (κ3) is 7.02. The molecule has 0 saturated carbocycles. The minimum atomic E-state index is -3.43. The molecular formula is C11H17NO5S2. The van der Waals surface area contributed by atoms with E-state index in [2.05, 4.69) is 0 Å². The molecule has 0 aliphatic heterocycles. The Balaban J connectivity index is 2.44. The average Bonchev–Trinajstić information content (AvgIpc) is 2.26. The van der Waals surface area contributed by atoms with E-state index in [0.717, 1.165) is 6.26 Å². The highest BCUT2D eigenvalue weighted by molar-refractivity contribution is 7.94. The van der Waals surface area contributed by atoms with Crippen LogP contribution in [-0.2, 0) is 19.7 Å². The summed E-state index contributed by atoms with van der Waals surface area (Å²) in [6, 6.07) is 6.64. The maximum Gasteiger partial charge on any atom is 0.154 e. The first-order valence-corrected chi connectivity index (χ1v) is 9.43. The lowest BCUT2D eigenvalue weighted by Gasteiger charge is -2.07.